The minimum absolute atomic E-state index is 0.0215. The smallest absolute Gasteiger partial charge is 0.315 e. The highest BCUT2D eigenvalue weighted by Crippen LogP contribution is 2.31. The fourth-order valence-electron chi connectivity index (χ4n) is 3.07. The van der Waals surface area contributed by atoms with Crippen LogP contribution in [0.5, 0.6) is 11.5 Å². The molecule has 1 unspecified atom stereocenters. The number of halogens is 2. The summed E-state index contributed by atoms with van der Waals surface area (Å²) >= 11 is 3.84. The van der Waals surface area contributed by atoms with Gasteiger partial charge in [-0.3, -0.25) is 9.00 Å². The van der Waals surface area contributed by atoms with Gasteiger partial charge in [0.15, 0.2) is 0 Å². The van der Waals surface area contributed by atoms with Crippen molar-refractivity contribution in [2.45, 2.75) is 5.75 Å². The van der Waals surface area contributed by atoms with E-state index in [-0.39, 0.29) is 17.3 Å². The van der Waals surface area contributed by atoms with Crippen LogP contribution in [0, 0.1) is 5.82 Å². The molecule has 1 heterocycles. The van der Waals surface area contributed by atoms with E-state index in [1.165, 1.54) is 30.5 Å². The zero-order valence-electron chi connectivity index (χ0n) is 16.4. The van der Waals surface area contributed by atoms with Gasteiger partial charge in [-0.25, -0.2) is 4.39 Å². The first-order valence-corrected chi connectivity index (χ1v) is 11.0. The Kier molecular flexibility index (Phi) is 6.45. The van der Waals surface area contributed by atoms with Gasteiger partial charge < -0.3 is 9.29 Å². The SMILES string of the molecule is O=c1c(Oc2ccc(F)cc2)c(-c2ccc(CS(=O)[O-])cc2)cnn1-c1cccc(Cl)c1. The largest absolute Gasteiger partial charge is 0.772 e. The van der Waals surface area contributed by atoms with Crippen molar-refractivity contribution < 1.29 is 17.9 Å². The summed E-state index contributed by atoms with van der Waals surface area (Å²) in [5, 5.41) is 4.70. The maximum Gasteiger partial charge on any atom is 0.315 e. The number of nitrogens with zero attached hydrogens (tertiary/aromatic N) is 2. The number of ether oxygens (including phenoxy) is 1. The van der Waals surface area contributed by atoms with Crippen LogP contribution in [0.2, 0.25) is 5.02 Å². The first-order valence-electron chi connectivity index (χ1n) is 9.37. The van der Waals surface area contributed by atoms with E-state index in [1.54, 1.807) is 48.5 Å². The van der Waals surface area contributed by atoms with Crippen LogP contribution in [-0.4, -0.2) is 18.5 Å². The lowest BCUT2D eigenvalue weighted by Crippen LogP contribution is -2.22. The second kappa shape index (κ2) is 9.44. The quantitative estimate of drug-likeness (QED) is 0.376. The molecule has 0 saturated carbocycles. The van der Waals surface area contributed by atoms with E-state index in [1.807, 2.05) is 0 Å². The highest BCUT2D eigenvalue weighted by Gasteiger charge is 2.17. The Morgan fingerprint density at radius 1 is 1.06 bits per heavy atom. The summed E-state index contributed by atoms with van der Waals surface area (Å²) < 4.78 is 42.2. The van der Waals surface area contributed by atoms with Crippen molar-refractivity contribution >= 4 is 22.7 Å². The van der Waals surface area contributed by atoms with Crippen LogP contribution < -0.4 is 10.3 Å². The summed E-state index contributed by atoms with van der Waals surface area (Å²) in [4.78, 5) is 13.3. The lowest BCUT2D eigenvalue weighted by molar-refractivity contribution is 0.468. The molecule has 1 atom stereocenters. The van der Waals surface area contributed by atoms with Crippen molar-refractivity contribution in [2.24, 2.45) is 0 Å². The number of aromatic nitrogens is 2. The Balaban J connectivity index is 1.83. The van der Waals surface area contributed by atoms with Gasteiger partial charge in [-0.05, 0) is 53.6 Å². The maximum atomic E-state index is 13.3. The number of benzene rings is 3. The molecule has 0 N–H and O–H groups in total. The molecule has 1 aromatic heterocycles. The zero-order chi connectivity index (χ0) is 22.7. The second-order valence-electron chi connectivity index (χ2n) is 6.79. The van der Waals surface area contributed by atoms with Crippen molar-refractivity contribution in [1.82, 2.24) is 9.78 Å². The fourth-order valence-corrected chi connectivity index (χ4v) is 3.72. The van der Waals surface area contributed by atoms with Crippen LogP contribution in [0.4, 0.5) is 4.39 Å². The molecule has 9 heteroatoms. The zero-order valence-corrected chi connectivity index (χ0v) is 18.0. The highest BCUT2D eigenvalue weighted by atomic mass is 35.5. The minimum atomic E-state index is -2.21. The van der Waals surface area contributed by atoms with Crippen molar-refractivity contribution in [3.05, 3.63) is 106 Å². The molecule has 0 amide bonds. The fraction of sp³-hybridized carbons (Fsp3) is 0.0435. The number of hydrogen-bond donors (Lipinski definition) is 0. The summed E-state index contributed by atoms with van der Waals surface area (Å²) in [5.41, 5.74) is 1.51. The van der Waals surface area contributed by atoms with Crippen LogP contribution in [0.3, 0.4) is 0 Å². The normalized spacial score (nSPS) is 11.8. The van der Waals surface area contributed by atoms with Gasteiger partial charge >= 0.3 is 5.56 Å². The standard InChI is InChI=1S/C23H16ClFN2O4S/c24-17-2-1-3-19(12-17)27-23(28)22(31-20-10-8-18(25)9-11-20)21(13-26-27)16-6-4-15(5-7-16)14-32(29)30/h1-13H,14H2,(H,29,30)/p-1. The van der Waals surface area contributed by atoms with E-state index in [2.05, 4.69) is 5.10 Å². The molecule has 0 bridgehead atoms. The molecule has 0 fully saturated rings. The number of rotatable bonds is 6. The summed E-state index contributed by atoms with van der Waals surface area (Å²) in [5.74, 6) is -0.304. The molecule has 4 rings (SSSR count). The van der Waals surface area contributed by atoms with E-state index in [0.717, 1.165) is 4.68 Å². The average molecular weight is 470 g/mol. The summed E-state index contributed by atoms with van der Waals surface area (Å²) in [7, 11) is 0. The molecular formula is C23H15ClFN2O4S-. The molecule has 162 valence electrons. The number of hydrogen-bond acceptors (Lipinski definition) is 5. The van der Waals surface area contributed by atoms with Crippen molar-refractivity contribution in [3.8, 4) is 28.3 Å². The topological polar surface area (TPSA) is 84.2 Å². The van der Waals surface area contributed by atoms with Crippen LogP contribution in [-0.2, 0) is 16.8 Å². The Morgan fingerprint density at radius 3 is 2.44 bits per heavy atom. The molecule has 0 radical (unpaired) electrons. The Hall–Kier alpha value is -3.33. The molecule has 0 aliphatic rings. The molecule has 0 spiro atoms. The lowest BCUT2D eigenvalue weighted by atomic mass is 10.1. The first kappa shape index (κ1) is 21.9. The van der Waals surface area contributed by atoms with Crippen LogP contribution >= 0.6 is 11.6 Å². The summed E-state index contributed by atoms with van der Waals surface area (Å²) in [6, 6.07) is 18.6. The van der Waals surface area contributed by atoms with E-state index < -0.39 is 22.5 Å². The van der Waals surface area contributed by atoms with Gasteiger partial charge in [0.1, 0.15) is 11.6 Å². The van der Waals surface area contributed by atoms with Crippen molar-refractivity contribution in [1.29, 1.82) is 0 Å². The van der Waals surface area contributed by atoms with Gasteiger partial charge in [-0.2, -0.15) is 9.78 Å². The van der Waals surface area contributed by atoms with E-state index >= 15 is 0 Å². The molecule has 4 aromatic rings. The van der Waals surface area contributed by atoms with Gasteiger partial charge in [0.2, 0.25) is 5.75 Å². The third kappa shape index (κ3) is 4.94. The Morgan fingerprint density at radius 2 is 1.78 bits per heavy atom. The molecule has 0 aliphatic carbocycles. The third-order valence-corrected chi connectivity index (χ3v) is 5.37. The third-order valence-electron chi connectivity index (χ3n) is 4.57. The average Bonchev–Trinajstić information content (AvgIpc) is 2.77. The Labute approximate surface area is 190 Å². The highest BCUT2D eigenvalue weighted by molar-refractivity contribution is 7.78. The molecule has 0 aliphatic heterocycles. The molecule has 6 nitrogen and oxygen atoms in total. The summed E-state index contributed by atoms with van der Waals surface area (Å²) in [6.07, 6.45) is 1.47. The van der Waals surface area contributed by atoms with Gasteiger partial charge in [0, 0.05) is 10.8 Å². The van der Waals surface area contributed by atoms with Gasteiger partial charge in [-0.15, -0.1) is 0 Å². The monoisotopic (exact) mass is 469 g/mol. The first-order chi connectivity index (χ1) is 15.4. The van der Waals surface area contributed by atoms with Crippen LogP contribution in [0.25, 0.3) is 16.8 Å². The van der Waals surface area contributed by atoms with E-state index in [0.29, 0.717) is 27.4 Å². The van der Waals surface area contributed by atoms with E-state index in [9.17, 15) is 17.9 Å². The van der Waals surface area contributed by atoms with Crippen molar-refractivity contribution in [3.63, 3.8) is 0 Å². The van der Waals surface area contributed by atoms with Gasteiger partial charge in [-0.1, -0.05) is 53.0 Å². The van der Waals surface area contributed by atoms with Crippen LogP contribution in [0.1, 0.15) is 5.56 Å². The van der Waals surface area contributed by atoms with Gasteiger partial charge in [0.05, 0.1) is 17.4 Å². The van der Waals surface area contributed by atoms with E-state index in [4.69, 9.17) is 16.3 Å². The van der Waals surface area contributed by atoms with Crippen LogP contribution in [0.15, 0.2) is 83.8 Å². The maximum absolute atomic E-state index is 13.3. The predicted octanol–water partition coefficient (Wildman–Crippen LogP) is 4.86. The Bertz CT molecular complexity index is 1340. The minimum Gasteiger partial charge on any atom is -0.772 e. The van der Waals surface area contributed by atoms with Crippen molar-refractivity contribution in [2.75, 3.05) is 0 Å². The lowest BCUT2D eigenvalue weighted by Gasteiger charge is -2.14. The second-order valence-corrected chi connectivity index (χ2v) is 8.12. The predicted molar refractivity (Wildman–Crippen MR) is 119 cm³/mol. The molecular weight excluding hydrogens is 455 g/mol. The molecule has 3 aromatic carbocycles. The van der Waals surface area contributed by atoms with Gasteiger partial charge in [0.25, 0.3) is 0 Å². The molecule has 0 saturated heterocycles. The summed E-state index contributed by atoms with van der Waals surface area (Å²) in [6.45, 7) is 0. The molecule has 32 heavy (non-hydrogen) atoms.